The third-order valence-corrected chi connectivity index (χ3v) is 7.92. The fourth-order valence-corrected chi connectivity index (χ4v) is 5.67. The Morgan fingerprint density at radius 1 is 1.03 bits per heavy atom. The van der Waals surface area contributed by atoms with Crippen molar-refractivity contribution in [2.45, 2.75) is 24.8 Å². The fourth-order valence-electron chi connectivity index (χ4n) is 3.44. The van der Waals surface area contributed by atoms with Gasteiger partial charge in [0, 0.05) is 6.42 Å². The highest BCUT2D eigenvalue weighted by Gasteiger charge is 2.24. The summed E-state index contributed by atoms with van der Waals surface area (Å²) in [7, 11) is -3.75. The summed E-state index contributed by atoms with van der Waals surface area (Å²) in [6.07, 6.45) is -0.235. The van der Waals surface area contributed by atoms with Crippen molar-refractivity contribution in [2.75, 3.05) is 17.3 Å². The van der Waals surface area contributed by atoms with E-state index in [1.165, 1.54) is 28.4 Å². The molecular formula is C25H23FN2O4S2. The van der Waals surface area contributed by atoms with E-state index in [-0.39, 0.29) is 23.8 Å². The molecule has 4 rings (SSSR count). The molecule has 0 aliphatic rings. The number of amides is 1. The standard InChI is InChI=1S/C25H23FN2O4S2/c1-2-32-21-9-6-10-22-24(21)27-25(33-22)28(17-18-7-4-3-5-8-18)23(29)15-16-34(30,31)20-13-11-19(26)12-14-20/h3-14H,2,15-17H2,1H3. The van der Waals surface area contributed by atoms with Crippen LogP contribution in [0.25, 0.3) is 10.2 Å². The summed E-state index contributed by atoms with van der Waals surface area (Å²) in [5.74, 6) is -0.649. The highest BCUT2D eigenvalue weighted by Crippen LogP contribution is 2.35. The van der Waals surface area contributed by atoms with Gasteiger partial charge in [0.1, 0.15) is 17.1 Å². The fraction of sp³-hybridized carbons (Fsp3) is 0.200. The molecule has 6 nitrogen and oxygen atoms in total. The zero-order valence-corrected chi connectivity index (χ0v) is 20.1. The number of aromatic nitrogens is 1. The second kappa shape index (κ2) is 10.3. The molecule has 0 spiro atoms. The number of ether oxygens (including phenoxy) is 1. The molecule has 9 heteroatoms. The summed E-state index contributed by atoms with van der Waals surface area (Å²) >= 11 is 1.35. The highest BCUT2D eigenvalue weighted by molar-refractivity contribution is 7.91. The average molecular weight is 499 g/mol. The smallest absolute Gasteiger partial charge is 0.230 e. The number of sulfone groups is 1. The molecule has 4 aromatic rings. The summed E-state index contributed by atoms with van der Waals surface area (Å²) in [5.41, 5.74) is 1.55. The molecule has 176 valence electrons. The van der Waals surface area contributed by atoms with Crippen LogP contribution in [0, 0.1) is 5.82 Å². The van der Waals surface area contributed by atoms with Crippen LogP contribution in [0.15, 0.2) is 77.7 Å². The van der Waals surface area contributed by atoms with Crippen LogP contribution < -0.4 is 9.64 Å². The Balaban J connectivity index is 1.62. The quantitative estimate of drug-likeness (QED) is 0.295. The van der Waals surface area contributed by atoms with Crippen molar-refractivity contribution in [2.24, 2.45) is 0 Å². The van der Waals surface area contributed by atoms with Crippen LogP contribution in [0.3, 0.4) is 0 Å². The number of benzene rings is 3. The molecular weight excluding hydrogens is 475 g/mol. The van der Waals surface area contributed by atoms with Crippen LogP contribution >= 0.6 is 11.3 Å². The Labute approximate surface area is 201 Å². The van der Waals surface area contributed by atoms with Gasteiger partial charge in [0.2, 0.25) is 5.91 Å². The minimum Gasteiger partial charge on any atom is -0.492 e. The first kappa shape index (κ1) is 23.8. The van der Waals surface area contributed by atoms with Crippen LogP contribution in [-0.2, 0) is 21.2 Å². The molecule has 0 atom stereocenters. The number of hydrogen-bond acceptors (Lipinski definition) is 6. The summed E-state index contributed by atoms with van der Waals surface area (Å²) < 4.78 is 45.1. The maximum absolute atomic E-state index is 13.3. The lowest BCUT2D eigenvalue weighted by Gasteiger charge is -2.20. The highest BCUT2D eigenvalue weighted by atomic mass is 32.2. The Morgan fingerprint density at radius 2 is 1.76 bits per heavy atom. The SMILES string of the molecule is CCOc1cccc2sc(N(Cc3ccccc3)C(=O)CCS(=O)(=O)c3ccc(F)cc3)nc12. The van der Waals surface area contributed by atoms with E-state index >= 15 is 0 Å². The van der Waals surface area contributed by atoms with Crippen LogP contribution in [0.1, 0.15) is 18.9 Å². The number of hydrogen-bond donors (Lipinski definition) is 0. The predicted molar refractivity (Wildman–Crippen MR) is 131 cm³/mol. The number of thiazole rings is 1. The van der Waals surface area contributed by atoms with Gasteiger partial charge in [-0.2, -0.15) is 0 Å². The van der Waals surface area contributed by atoms with Gasteiger partial charge in [0.15, 0.2) is 15.0 Å². The number of para-hydroxylation sites is 1. The molecule has 1 heterocycles. The molecule has 1 amide bonds. The van der Waals surface area contributed by atoms with E-state index in [1.807, 2.05) is 55.5 Å². The van der Waals surface area contributed by atoms with Crippen LogP contribution in [0.2, 0.25) is 0 Å². The maximum atomic E-state index is 13.3. The number of rotatable bonds is 9. The topological polar surface area (TPSA) is 76.6 Å². The third-order valence-electron chi connectivity index (χ3n) is 5.14. The van der Waals surface area contributed by atoms with Gasteiger partial charge < -0.3 is 4.74 Å². The zero-order chi connectivity index (χ0) is 24.1. The molecule has 3 aromatic carbocycles. The zero-order valence-electron chi connectivity index (χ0n) is 18.5. The van der Waals surface area contributed by atoms with Crippen LogP contribution in [0.5, 0.6) is 5.75 Å². The molecule has 0 N–H and O–H groups in total. The van der Waals surface area contributed by atoms with Gasteiger partial charge in [-0.3, -0.25) is 9.69 Å². The van der Waals surface area contributed by atoms with Crippen LogP contribution in [-0.4, -0.2) is 31.7 Å². The molecule has 0 radical (unpaired) electrons. The van der Waals surface area contributed by atoms with Gasteiger partial charge in [-0.1, -0.05) is 47.7 Å². The number of anilines is 1. The largest absolute Gasteiger partial charge is 0.492 e. The first-order valence-electron chi connectivity index (χ1n) is 10.7. The van der Waals surface area contributed by atoms with Gasteiger partial charge in [0.05, 0.1) is 28.5 Å². The average Bonchev–Trinajstić information content (AvgIpc) is 3.27. The lowest BCUT2D eigenvalue weighted by atomic mass is 10.2. The molecule has 0 bridgehead atoms. The van der Waals surface area contributed by atoms with E-state index in [1.54, 1.807) is 0 Å². The first-order chi connectivity index (χ1) is 16.4. The van der Waals surface area contributed by atoms with Crippen LogP contribution in [0.4, 0.5) is 9.52 Å². The predicted octanol–water partition coefficient (Wildman–Crippen LogP) is 5.23. The minimum atomic E-state index is -3.75. The summed E-state index contributed by atoms with van der Waals surface area (Å²) in [4.78, 5) is 19.5. The van der Waals surface area contributed by atoms with E-state index < -0.39 is 21.4 Å². The second-order valence-electron chi connectivity index (χ2n) is 7.52. The molecule has 0 aliphatic carbocycles. The molecule has 0 unspecified atom stereocenters. The van der Waals surface area contributed by atoms with Crippen molar-refractivity contribution in [1.82, 2.24) is 4.98 Å². The van der Waals surface area contributed by atoms with Gasteiger partial charge >= 0.3 is 0 Å². The minimum absolute atomic E-state index is 0.0161. The van der Waals surface area contributed by atoms with Crippen molar-refractivity contribution >= 4 is 42.4 Å². The van der Waals surface area contributed by atoms with Crippen molar-refractivity contribution in [3.63, 3.8) is 0 Å². The van der Waals surface area contributed by atoms with E-state index in [9.17, 15) is 17.6 Å². The number of carbonyl (C=O) groups excluding carboxylic acids is 1. The molecule has 34 heavy (non-hydrogen) atoms. The Bertz CT molecular complexity index is 1390. The second-order valence-corrected chi connectivity index (χ2v) is 10.6. The Kier molecular flexibility index (Phi) is 7.23. The number of carbonyl (C=O) groups is 1. The maximum Gasteiger partial charge on any atom is 0.230 e. The van der Waals surface area contributed by atoms with E-state index in [0.717, 1.165) is 22.4 Å². The summed E-state index contributed by atoms with van der Waals surface area (Å²) in [6, 6.07) is 19.6. The first-order valence-corrected chi connectivity index (χ1v) is 13.2. The molecule has 0 saturated heterocycles. The van der Waals surface area contributed by atoms with Gasteiger partial charge in [0.25, 0.3) is 0 Å². The summed E-state index contributed by atoms with van der Waals surface area (Å²) in [5, 5.41) is 0.468. The molecule has 0 aliphatic heterocycles. The lowest BCUT2D eigenvalue weighted by Crippen LogP contribution is -2.31. The molecule has 0 fully saturated rings. The van der Waals surface area contributed by atoms with Gasteiger partial charge in [-0.15, -0.1) is 0 Å². The van der Waals surface area contributed by atoms with Crippen molar-refractivity contribution in [1.29, 1.82) is 0 Å². The van der Waals surface area contributed by atoms with E-state index in [2.05, 4.69) is 4.98 Å². The van der Waals surface area contributed by atoms with E-state index in [4.69, 9.17) is 4.74 Å². The summed E-state index contributed by atoms with van der Waals surface area (Å²) in [6.45, 7) is 2.62. The number of nitrogens with zero attached hydrogens (tertiary/aromatic N) is 2. The third kappa shape index (κ3) is 5.43. The monoisotopic (exact) mass is 498 g/mol. The van der Waals surface area contributed by atoms with Crippen molar-refractivity contribution in [3.8, 4) is 5.75 Å². The molecule has 1 aromatic heterocycles. The normalized spacial score (nSPS) is 11.5. The molecule has 0 saturated carbocycles. The van der Waals surface area contributed by atoms with E-state index in [0.29, 0.717) is 23.0 Å². The van der Waals surface area contributed by atoms with Crippen molar-refractivity contribution < 1.29 is 22.3 Å². The number of fused-ring (bicyclic) bond motifs is 1. The van der Waals surface area contributed by atoms with Gasteiger partial charge in [-0.05, 0) is 48.9 Å². The Hall–Kier alpha value is -3.30. The lowest BCUT2D eigenvalue weighted by molar-refractivity contribution is -0.118. The Morgan fingerprint density at radius 3 is 2.47 bits per heavy atom. The van der Waals surface area contributed by atoms with Crippen molar-refractivity contribution in [3.05, 3.63) is 84.2 Å². The van der Waals surface area contributed by atoms with Gasteiger partial charge in [-0.25, -0.2) is 17.8 Å². The number of halogens is 1.